The Hall–Kier alpha value is -2.56. The van der Waals surface area contributed by atoms with Crippen LogP contribution in [0.4, 0.5) is 10.2 Å². The minimum Gasteiger partial charge on any atom is -0.497 e. The summed E-state index contributed by atoms with van der Waals surface area (Å²) in [5.41, 5.74) is 3.34. The van der Waals surface area contributed by atoms with Crippen LogP contribution in [0.25, 0.3) is 10.9 Å². The van der Waals surface area contributed by atoms with Gasteiger partial charge in [0.1, 0.15) is 17.4 Å². The van der Waals surface area contributed by atoms with E-state index in [1.165, 1.54) is 11.8 Å². The van der Waals surface area contributed by atoms with Crippen molar-refractivity contribution in [3.63, 3.8) is 0 Å². The molecule has 4 rings (SSSR count). The number of nitrogens with one attached hydrogen (secondary N) is 1. The number of fused-ring (bicyclic) bond motifs is 3. The van der Waals surface area contributed by atoms with Crippen molar-refractivity contribution in [2.45, 2.75) is 13.0 Å². The fourth-order valence-electron chi connectivity index (χ4n) is 3.08. The highest BCUT2D eigenvalue weighted by atomic mass is 19.1. The van der Waals surface area contributed by atoms with E-state index in [-0.39, 0.29) is 5.82 Å². The van der Waals surface area contributed by atoms with Crippen molar-refractivity contribution in [2.24, 2.45) is 0 Å². The van der Waals surface area contributed by atoms with Crippen LogP contribution < -0.4 is 9.64 Å². The Morgan fingerprint density at radius 2 is 2.18 bits per heavy atom. The molecule has 1 N–H and O–H groups in total. The summed E-state index contributed by atoms with van der Waals surface area (Å²) in [6.45, 7) is 1.60. The number of aromatic amines is 1. The standard InChI is InChI=1S/C17H16FN3O/c1-22-12-4-6-19-17(9-12)21-7-5-16-14(10-21)13-8-11(18)2-3-15(13)20-16/h2-4,6,8-9,20H,5,7,10H2,1H3. The lowest BCUT2D eigenvalue weighted by Gasteiger charge is -2.28. The Labute approximate surface area is 127 Å². The van der Waals surface area contributed by atoms with E-state index in [0.717, 1.165) is 47.5 Å². The van der Waals surface area contributed by atoms with Crippen LogP contribution in [0, 0.1) is 5.82 Å². The number of nitrogens with zero attached hydrogens (tertiary/aromatic N) is 2. The summed E-state index contributed by atoms with van der Waals surface area (Å²) in [5, 5.41) is 0.961. The van der Waals surface area contributed by atoms with Gasteiger partial charge in [0.05, 0.1) is 7.11 Å². The number of H-pyrrole nitrogens is 1. The van der Waals surface area contributed by atoms with Crippen LogP contribution in [0.5, 0.6) is 5.75 Å². The molecular formula is C17H16FN3O. The second kappa shape index (κ2) is 5.02. The predicted octanol–water partition coefficient (Wildman–Crippen LogP) is 3.27. The number of halogens is 1. The van der Waals surface area contributed by atoms with Gasteiger partial charge in [0.2, 0.25) is 0 Å². The first-order valence-corrected chi connectivity index (χ1v) is 7.28. The highest BCUT2D eigenvalue weighted by Gasteiger charge is 2.22. The molecule has 22 heavy (non-hydrogen) atoms. The summed E-state index contributed by atoms with van der Waals surface area (Å²) in [6, 6.07) is 8.66. The molecule has 1 aliphatic heterocycles. The van der Waals surface area contributed by atoms with Gasteiger partial charge in [0, 0.05) is 53.9 Å². The zero-order valence-electron chi connectivity index (χ0n) is 12.3. The lowest BCUT2D eigenvalue weighted by Crippen LogP contribution is -2.30. The Kier molecular flexibility index (Phi) is 2.99. The molecule has 5 heteroatoms. The van der Waals surface area contributed by atoms with Crippen LogP contribution in [0.3, 0.4) is 0 Å². The topological polar surface area (TPSA) is 41.1 Å². The maximum Gasteiger partial charge on any atom is 0.132 e. The van der Waals surface area contributed by atoms with Gasteiger partial charge in [-0.15, -0.1) is 0 Å². The molecule has 3 heterocycles. The quantitative estimate of drug-likeness (QED) is 0.789. The molecule has 4 nitrogen and oxygen atoms in total. The van der Waals surface area contributed by atoms with E-state index in [0.29, 0.717) is 0 Å². The van der Waals surface area contributed by atoms with Crippen molar-refractivity contribution in [3.05, 3.63) is 53.6 Å². The van der Waals surface area contributed by atoms with E-state index < -0.39 is 0 Å². The first kappa shape index (κ1) is 13.1. The van der Waals surface area contributed by atoms with E-state index in [9.17, 15) is 4.39 Å². The summed E-state index contributed by atoms with van der Waals surface area (Å²) >= 11 is 0. The second-order valence-electron chi connectivity index (χ2n) is 5.50. The van der Waals surface area contributed by atoms with Gasteiger partial charge in [0.15, 0.2) is 0 Å². The molecule has 3 aromatic rings. The van der Waals surface area contributed by atoms with E-state index in [2.05, 4.69) is 14.9 Å². The number of rotatable bonds is 2. The van der Waals surface area contributed by atoms with Crippen molar-refractivity contribution in [3.8, 4) is 5.75 Å². The van der Waals surface area contributed by atoms with E-state index in [4.69, 9.17) is 4.74 Å². The number of aromatic nitrogens is 2. The number of benzene rings is 1. The first-order chi connectivity index (χ1) is 10.7. The Morgan fingerprint density at radius 3 is 3.05 bits per heavy atom. The van der Waals surface area contributed by atoms with Gasteiger partial charge in [-0.3, -0.25) is 0 Å². The summed E-state index contributed by atoms with van der Waals surface area (Å²) in [6.07, 6.45) is 2.64. The number of hydrogen-bond donors (Lipinski definition) is 1. The minimum atomic E-state index is -0.203. The van der Waals surface area contributed by atoms with E-state index in [1.807, 2.05) is 12.1 Å². The molecule has 0 fully saturated rings. The zero-order chi connectivity index (χ0) is 15.1. The summed E-state index contributed by atoms with van der Waals surface area (Å²) in [7, 11) is 1.65. The first-order valence-electron chi connectivity index (χ1n) is 7.28. The average Bonchev–Trinajstić information content (AvgIpc) is 2.92. The number of pyridine rings is 1. The maximum atomic E-state index is 13.5. The van der Waals surface area contributed by atoms with Crippen molar-refractivity contribution in [1.29, 1.82) is 0 Å². The lowest BCUT2D eigenvalue weighted by atomic mass is 10.0. The van der Waals surface area contributed by atoms with Gasteiger partial charge < -0.3 is 14.6 Å². The van der Waals surface area contributed by atoms with Crippen LogP contribution >= 0.6 is 0 Å². The van der Waals surface area contributed by atoms with Gasteiger partial charge in [0.25, 0.3) is 0 Å². The fourth-order valence-corrected chi connectivity index (χ4v) is 3.08. The fraction of sp³-hybridized carbons (Fsp3) is 0.235. The Balaban J connectivity index is 1.73. The molecule has 112 valence electrons. The third-order valence-electron chi connectivity index (χ3n) is 4.21. The molecule has 0 amide bonds. The molecule has 1 aromatic carbocycles. The molecule has 2 aromatic heterocycles. The lowest BCUT2D eigenvalue weighted by molar-refractivity contribution is 0.414. The summed E-state index contributed by atoms with van der Waals surface area (Å²) < 4.78 is 18.8. The third kappa shape index (κ3) is 2.09. The molecule has 1 aliphatic rings. The molecule has 0 saturated carbocycles. The van der Waals surface area contributed by atoms with Crippen LogP contribution in [0.2, 0.25) is 0 Å². The predicted molar refractivity (Wildman–Crippen MR) is 83.8 cm³/mol. The molecule has 0 unspecified atom stereocenters. The SMILES string of the molecule is COc1ccnc(N2CCc3[nH]c4ccc(F)cc4c3C2)c1. The summed E-state index contributed by atoms with van der Waals surface area (Å²) in [5.74, 6) is 1.47. The number of hydrogen-bond acceptors (Lipinski definition) is 3. The molecule has 0 aliphatic carbocycles. The summed E-state index contributed by atoms with van der Waals surface area (Å²) in [4.78, 5) is 10.0. The van der Waals surface area contributed by atoms with Crippen LogP contribution in [0.15, 0.2) is 36.5 Å². The van der Waals surface area contributed by atoms with Crippen LogP contribution in [0.1, 0.15) is 11.3 Å². The van der Waals surface area contributed by atoms with Gasteiger partial charge >= 0.3 is 0 Å². The molecule has 0 saturated heterocycles. The van der Waals surface area contributed by atoms with Crippen molar-refractivity contribution in [1.82, 2.24) is 9.97 Å². The highest BCUT2D eigenvalue weighted by Crippen LogP contribution is 2.30. The van der Waals surface area contributed by atoms with Gasteiger partial charge in [-0.05, 0) is 24.3 Å². The molecule has 0 bridgehead atoms. The molecule has 0 atom stereocenters. The normalized spacial score (nSPS) is 14.2. The third-order valence-corrected chi connectivity index (χ3v) is 4.21. The highest BCUT2D eigenvalue weighted by molar-refractivity contribution is 5.85. The van der Waals surface area contributed by atoms with Crippen molar-refractivity contribution in [2.75, 3.05) is 18.6 Å². The molecule has 0 spiro atoms. The van der Waals surface area contributed by atoms with Gasteiger partial charge in [-0.25, -0.2) is 9.37 Å². The van der Waals surface area contributed by atoms with Gasteiger partial charge in [-0.2, -0.15) is 0 Å². The number of ether oxygens (including phenoxy) is 1. The van der Waals surface area contributed by atoms with Crippen LogP contribution in [-0.4, -0.2) is 23.6 Å². The second-order valence-corrected chi connectivity index (χ2v) is 5.50. The number of methoxy groups -OCH3 is 1. The maximum absolute atomic E-state index is 13.5. The van der Waals surface area contributed by atoms with E-state index in [1.54, 1.807) is 25.4 Å². The Bertz CT molecular complexity index is 843. The zero-order valence-corrected chi connectivity index (χ0v) is 12.3. The van der Waals surface area contributed by atoms with Gasteiger partial charge in [-0.1, -0.05) is 0 Å². The largest absolute Gasteiger partial charge is 0.497 e. The van der Waals surface area contributed by atoms with E-state index >= 15 is 0 Å². The van der Waals surface area contributed by atoms with Crippen LogP contribution in [-0.2, 0) is 13.0 Å². The van der Waals surface area contributed by atoms with Crippen molar-refractivity contribution >= 4 is 16.7 Å². The average molecular weight is 297 g/mol. The monoisotopic (exact) mass is 297 g/mol. The Morgan fingerprint density at radius 1 is 1.27 bits per heavy atom. The number of anilines is 1. The smallest absolute Gasteiger partial charge is 0.132 e. The molecular weight excluding hydrogens is 281 g/mol. The minimum absolute atomic E-state index is 0.203. The molecule has 0 radical (unpaired) electrons. The van der Waals surface area contributed by atoms with Crippen molar-refractivity contribution < 1.29 is 9.13 Å².